The zero-order valence-corrected chi connectivity index (χ0v) is 17.2. The molecular formula is C26H23FO3. The zero-order valence-electron chi connectivity index (χ0n) is 17.2. The third-order valence-electron chi connectivity index (χ3n) is 5.14. The number of hydrogen-bond acceptors (Lipinski definition) is 3. The molecule has 0 bridgehead atoms. The maximum absolute atomic E-state index is 13.3. The molecule has 4 heteroatoms. The summed E-state index contributed by atoms with van der Waals surface area (Å²) < 4.78 is 25.0. The number of carbonyl (C=O) groups excluding carboxylic acids is 1. The van der Waals surface area contributed by atoms with Crippen LogP contribution in [0.5, 0.6) is 11.5 Å². The Morgan fingerprint density at radius 3 is 2.53 bits per heavy atom. The van der Waals surface area contributed by atoms with Gasteiger partial charge in [0.2, 0.25) is 5.78 Å². The monoisotopic (exact) mass is 402 g/mol. The number of Topliss-reactive ketones (excluding diaryl/α,β-unsaturated/α-hetero) is 1. The van der Waals surface area contributed by atoms with Crippen LogP contribution >= 0.6 is 0 Å². The van der Waals surface area contributed by atoms with Crippen molar-refractivity contribution in [3.05, 3.63) is 100 Å². The molecule has 3 aromatic rings. The number of fused-ring (bicyclic) bond motifs is 1. The predicted octanol–water partition coefficient (Wildman–Crippen LogP) is 6.45. The second kappa shape index (κ2) is 8.15. The van der Waals surface area contributed by atoms with Crippen molar-refractivity contribution in [1.82, 2.24) is 0 Å². The summed E-state index contributed by atoms with van der Waals surface area (Å²) in [7, 11) is 0. The second-order valence-corrected chi connectivity index (χ2v) is 7.79. The zero-order chi connectivity index (χ0) is 21.3. The molecular weight excluding hydrogens is 379 g/mol. The number of ether oxygens (including phenoxy) is 2. The molecule has 30 heavy (non-hydrogen) atoms. The van der Waals surface area contributed by atoms with E-state index in [9.17, 15) is 9.18 Å². The number of benzene rings is 3. The molecule has 0 fully saturated rings. The highest BCUT2D eigenvalue weighted by Gasteiger charge is 2.30. The van der Waals surface area contributed by atoms with E-state index in [4.69, 9.17) is 9.47 Å². The number of allylic oxidation sites excluding steroid dienone is 1. The van der Waals surface area contributed by atoms with Crippen LogP contribution in [-0.4, -0.2) is 5.78 Å². The number of carbonyl (C=O) groups is 1. The minimum Gasteiger partial charge on any atom is -0.489 e. The van der Waals surface area contributed by atoms with Crippen LogP contribution in [0.1, 0.15) is 52.4 Å². The van der Waals surface area contributed by atoms with Crippen LogP contribution in [0.2, 0.25) is 0 Å². The number of aryl methyl sites for hydroxylation is 1. The molecule has 0 N–H and O–H groups in total. The topological polar surface area (TPSA) is 35.5 Å². The highest BCUT2D eigenvalue weighted by atomic mass is 19.1. The number of rotatable bonds is 5. The van der Waals surface area contributed by atoms with Crippen LogP contribution in [0.3, 0.4) is 0 Å². The van der Waals surface area contributed by atoms with Gasteiger partial charge >= 0.3 is 0 Å². The number of hydrogen-bond donors (Lipinski definition) is 0. The summed E-state index contributed by atoms with van der Waals surface area (Å²) in [6.07, 6.45) is 1.76. The molecule has 152 valence electrons. The highest BCUT2D eigenvalue weighted by Crippen LogP contribution is 2.37. The normalized spacial score (nSPS) is 14.2. The van der Waals surface area contributed by atoms with Crippen molar-refractivity contribution >= 4 is 11.9 Å². The summed E-state index contributed by atoms with van der Waals surface area (Å²) in [6.45, 7) is 6.37. The first-order valence-electron chi connectivity index (χ1n) is 9.97. The van der Waals surface area contributed by atoms with Gasteiger partial charge in [-0.2, -0.15) is 0 Å². The molecule has 0 aliphatic carbocycles. The SMILES string of the molecule is Cc1cc(OCc2cccc(F)c2)cc2c1C(=O)/C(=C/c1ccc(C(C)C)cc1)O2. The lowest BCUT2D eigenvalue weighted by atomic mass is 10.0. The summed E-state index contributed by atoms with van der Waals surface area (Å²) in [6, 6.07) is 17.9. The predicted molar refractivity (Wildman–Crippen MR) is 115 cm³/mol. The highest BCUT2D eigenvalue weighted by molar-refractivity contribution is 6.15. The Balaban J connectivity index is 1.54. The van der Waals surface area contributed by atoms with Crippen molar-refractivity contribution in [1.29, 1.82) is 0 Å². The van der Waals surface area contributed by atoms with Crippen LogP contribution < -0.4 is 9.47 Å². The van der Waals surface area contributed by atoms with E-state index in [1.54, 1.807) is 30.3 Å². The molecule has 0 amide bonds. The van der Waals surface area contributed by atoms with Crippen LogP contribution in [0, 0.1) is 12.7 Å². The van der Waals surface area contributed by atoms with E-state index >= 15 is 0 Å². The molecule has 3 aromatic carbocycles. The van der Waals surface area contributed by atoms with E-state index in [0.717, 1.165) is 16.7 Å². The lowest BCUT2D eigenvalue weighted by Crippen LogP contribution is -2.00. The van der Waals surface area contributed by atoms with E-state index in [-0.39, 0.29) is 18.2 Å². The first kappa shape index (κ1) is 19.9. The Morgan fingerprint density at radius 1 is 1.07 bits per heavy atom. The van der Waals surface area contributed by atoms with Crippen LogP contribution in [0.4, 0.5) is 4.39 Å². The molecule has 4 rings (SSSR count). The Hall–Kier alpha value is -3.40. The Morgan fingerprint density at radius 2 is 1.83 bits per heavy atom. The first-order chi connectivity index (χ1) is 14.4. The van der Waals surface area contributed by atoms with Gasteiger partial charge in [-0.25, -0.2) is 4.39 Å². The molecule has 0 saturated carbocycles. The number of halogens is 1. The minimum atomic E-state index is -0.300. The average molecular weight is 402 g/mol. The summed E-state index contributed by atoms with van der Waals surface area (Å²) >= 11 is 0. The lowest BCUT2D eigenvalue weighted by molar-refractivity contribution is 0.101. The van der Waals surface area contributed by atoms with E-state index in [2.05, 4.69) is 26.0 Å². The lowest BCUT2D eigenvalue weighted by Gasteiger charge is -2.09. The summed E-state index contributed by atoms with van der Waals surface area (Å²) in [4.78, 5) is 12.8. The summed E-state index contributed by atoms with van der Waals surface area (Å²) in [5.41, 5.74) is 4.23. The van der Waals surface area contributed by atoms with Gasteiger partial charge in [0.25, 0.3) is 0 Å². The van der Waals surface area contributed by atoms with Crippen molar-refractivity contribution in [3.63, 3.8) is 0 Å². The maximum Gasteiger partial charge on any atom is 0.232 e. The smallest absolute Gasteiger partial charge is 0.232 e. The van der Waals surface area contributed by atoms with Crippen LogP contribution in [0.15, 0.2) is 66.4 Å². The van der Waals surface area contributed by atoms with Crippen molar-refractivity contribution < 1.29 is 18.7 Å². The Bertz CT molecular complexity index is 1130. The fourth-order valence-corrected chi connectivity index (χ4v) is 3.48. The molecule has 0 spiro atoms. The van der Waals surface area contributed by atoms with Gasteiger partial charge in [-0.05, 0) is 59.4 Å². The van der Waals surface area contributed by atoms with Gasteiger partial charge in [-0.3, -0.25) is 4.79 Å². The van der Waals surface area contributed by atoms with Crippen molar-refractivity contribution in [2.45, 2.75) is 33.3 Å². The molecule has 0 aromatic heterocycles. The third-order valence-corrected chi connectivity index (χ3v) is 5.14. The molecule has 3 nitrogen and oxygen atoms in total. The van der Waals surface area contributed by atoms with Crippen molar-refractivity contribution in [3.8, 4) is 11.5 Å². The largest absolute Gasteiger partial charge is 0.489 e. The fourth-order valence-electron chi connectivity index (χ4n) is 3.48. The van der Waals surface area contributed by atoms with Gasteiger partial charge in [0, 0.05) is 6.07 Å². The van der Waals surface area contributed by atoms with E-state index < -0.39 is 0 Å². The molecule has 1 aliphatic rings. The van der Waals surface area contributed by atoms with Crippen molar-refractivity contribution in [2.24, 2.45) is 0 Å². The van der Waals surface area contributed by atoms with E-state index in [1.165, 1.54) is 17.7 Å². The average Bonchev–Trinajstić information content (AvgIpc) is 3.02. The maximum atomic E-state index is 13.3. The summed E-state index contributed by atoms with van der Waals surface area (Å²) in [5.74, 6) is 1.38. The van der Waals surface area contributed by atoms with Gasteiger partial charge < -0.3 is 9.47 Å². The van der Waals surface area contributed by atoms with Gasteiger partial charge in [-0.1, -0.05) is 50.2 Å². The molecule has 0 atom stereocenters. The van der Waals surface area contributed by atoms with Gasteiger partial charge in [-0.15, -0.1) is 0 Å². The Kier molecular flexibility index (Phi) is 5.40. The van der Waals surface area contributed by atoms with Crippen molar-refractivity contribution in [2.75, 3.05) is 0 Å². The Labute approximate surface area is 175 Å². The van der Waals surface area contributed by atoms with Gasteiger partial charge in [0.15, 0.2) is 5.76 Å². The van der Waals surface area contributed by atoms with E-state index in [0.29, 0.717) is 28.7 Å². The third kappa shape index (κ3) is 4.13. The first-order valence-corrected chi connectivity index (χ1v) is 9.97. The van der Waals surface area contributed by atoms with Gasteiger partial charge in [0.1, 0.15) is 23.9 Å². The van der Waals surface area contributed by atoms with Gasteiger partial charge in [0.05, 0.1) is 5.56 Å². The minimum absolute atomic E-state index is 0.132. The number of ketones is 1. The summed E-state index contributed by atoms with van der Waals surface area (Å²) in [5, 5.41) is 0. The van der Waals surface area contributed by atoms with Crippen LogP contribution in [0.25, 0.3) is 6.08 Å². The van der Waals surface area contributed by atoms with Crippen LogP contribution in [-0.2, 0) is 6.61 Å². The molecule has 0 saturated heterocycles. The van der Waals surface area contributed by atoms with E-state index in [1.807, 2.05) is 19.1 Å². The second-order valence-electron chi connectivity index (χ2n) is 7.79. The standard InChI is InChI=1S/C26H23FO3/c1-16(2)20-9-7-18(8-10-20)13-24-26(28)25-17(3)11-22(14-23(25)30-24)29-15-19-5-4-6-21(27)12-19/h4-14,16H,15H2,1-3H3/b24-13-. The molecule has 1 aliphatic heterocycles. The molecule has 0 radical (unpaired) electrons. The molecule has 0 unspecified atom stereocenters. The fraction of sp³-hybridized carbons (Fsp3) is 0.192. The molecule has 1 heterocycles. The quantitative estimate of drug-likeness (QED) is 0.460.